The van der Waals surface area contributed by atoms with Gasteiger partial charge in [-0.2, -0.15) is 0 Å². The summed E-state index contributed by atoms with van der Waals surface area (Å²) in [5.41, 5.74) is 0. The van der Waals surface area contributed by atoms with Crippen LogP contribution in [0.5, 0.6) is 0 Å². The van der Waals surface area contributed by atoms with E-state index in [9.17, 15) is 45.3 Å². The molecule has 0 aliphatic carbocycles. The molecule has 15 nitrogen and oxygen atoms in total. The lowest BCUT2D eigenvalue weighted by Crippen LogP contribution is -2.61. The first-order chi connectivity index (χ1) is 33.0. The standard InChI is InChI=1S/C53H94O15/c1-3-5-7-9-11-13-15-17-19-20-22-23-25-27-29-31-33-35-44(55)63-38-41(66-45(56)36-34-32-30-28-26-24-21-18-16-14-12-10-8-6-4-2)39-64-52-51(62)49(60)47(58)43(68-52)40-65-53-50(61)48(59)46(57)42(37-54)67-53/h14,16,22-23,27,29,41-43,46-54,57-62H,3-13,15,17-21,24-26,28,30-40H2,1-2H3/b16-14+,23-22+,29-27+/t41-,42+,43+,46-,47-,48?,49?,50?,51?,52+,53+/m0/s1. The topological polar surface area (TPSA) is 231 Å². The molecule has 15 heteroatoms. The zero-order valence-corrected chi connectivity index (χ0v) is 41.8. The van der Waals surface area contributed by atoms with Gasteiger partial charge in [-0.1, -0.05) is 153 Å². The summed E-state index contributed by atoms with van der Waals surface area (Å²) < 4.78 is 33.5. The average molecular weight is 971 g/mol. The molecule has 2 rings (SSSR count). The first-order valence-corrected chi connectivity index (χ1v) is 26.6. The highest BCUT2D eigenvalue weighted by Gasteiger charge is 2.47. The van der Waals surface area contributed by atoms with Gasteiger partial charge in [0, 0.05) is 12.8 Å². The van der Waals surface area contributed by atoms with Gasteiger partial charge in [-0.25, -0.2) is 0 Å². The minimum absolute atomic E-state index is 0.152. The van der Waals surface area contributed by atoms with Crippen LogP contribution in [-0.4, -0.2) is 142 Å². The van der Waals surface area contributed by atoms with Crippen molar-refractivity contribution in [3.63, 3.8) is 0 Å². The summed E-state index contributed by atoms with van der Waals surface area (Å²) in [6.07, 6.45) is 26.1. The van der Waals surface area contributed by atoms with Crippen molar-refractivity contribution in [2.24, 2.45) is 0 Å². The molecule has 0 aromatic rings. The van der Waals surface area contributed by atoms with E-state index < -0.39 is 99.3 Å². The molecule has 2 aliphatic heterocycles. The normalized spacial score (nSPS) is 26.0. The first kappa shape index (κ1) is 61.8. The van der Waals surface area contributed by atoms with Gasteiger partial charge in [0.25, 0.3) is 0 Å². The monoisotopic (exact) mass is 971 g/mol. The van der Waals surface area contributed by atoms with Crippen LogP contribution in [0.2, 0.25) is 0 Å². The van der Waals surface area contributed by atoms with Crippen LogP contribution in [-0.2, 0) is 38.0 Å². The van der Waals surface area contributed by atoms with Crippen molar-refractivity contribution < 1.29 is 73.8 Å². The molecular formula is C53H94O15. The fourth-order valence-corrected chi connectivity index (χ4v) is 8.19. The molecule has 0 saturated carbocycles. The maximum atomic E-state index is 13.0. The predicted molar refractivity (Wildman–Crippen MR) is 261 cm³/mol. The van der Waals surface area contributed by atoms with Crippen molar-refractivity contribution in [3.8, 4) is 0 Å². The number of allylic oxidation sites excluding steroid dienone is 6. The molecule has 2 aliphatic rings. The molecule has 4 unspecified atom stereocenters. The molecule has 0 spiro atoms. The van der Waals surface area contributed by atoms with E-state index in [1.807, 2.05) is 6.08 Å². The third-order valence-electron chi connectivity index (χ3n) is 12.6. The Morgan fingerprint density at radius 3 is 1.44 bits per heavy atom. The Labute approximate surface area is 408 Å². The molecule has 2 saturated heterocycles. The van der Waals surface area contributed by atoms with Crippen molar-refractivity contribution in [2.75, 3.05) is 26.4 Å². The number of hydrogen-bond donors (Lipinski definition) is 7. The molecule has 0 amide bonds. The van der Waals surface area contributed by atoms with Crippen molar-refractivity contribution in [1.82, 2.24) is 0 Å². The van der Waals surface area contributed by atoms with Gasteiger partial charge in [0.2, 0.25) is 0 Å². The quantitative estimate of drug-likeness (QED) is 0.0177. The maximum absolute atomic E-state index is 13.0. The highest BCUT2D eigenvalue weighted by atomic mass is 16.7. The summed E-state index contributed by atoms with van der Waals surface area (Å²) in [5.74, 6) is -0.980. The van der Waals surface area contributed by atoms with E-state index in [0.717, 1.165) is 44.9 Å². The fraction of sp³-hybridized carbons (Fsp3) is 0.849. The van der Waals surface area contributed by atoms with Crippen molar-refractivity contribution in [2.45, 2.75) is 261 Å². The number of hydrogen-bond acceptors (Lipinski definition) is 15. The molecule has 7 N–H and O–H groups in total. The lowest BCUT2D eigenvalue weighted by Gasteiger charge is -2.42. The van der Waals surface area contributed by atoms with E-state index in [4.69, 9.17) is 28.4 Å². The summed E-state index contributed by atoms with van der Waals surface area (Å²) in [4.78, 5) is 25.8. The highest BCUT2D eigenvalue weighted by molar-refractivity contribution is 5.70. The van der Waals surface area contributed by atoms with E-state index in [1.165, 1.54) is 103 Å². The average Bonchev–Trinajstić information content (AvgIpc) is 3.33. The van der Waals surface area contributed by atoms with Gasteiger partial charge >= 0.3 is 11.9 Å². The summed E-state index contributed by atoms with van der Waals surface area (Å²) in [7, 11) is 0. The number of unbranched alkanes of at least 4 members (excludes halogenated alkanes) is 21. The van der Waals surface area contributed by atoms with Crippen LogP contribution in [0.1, 0.15) is 194 Å². The smallest absolute Gasteiger partial charge is 0.306 e. The van der Waals surface area contributed by atoms with E-state index >= 15 is 0 Å². The lowest BCUT2D eigenvalue weighted by atomic mass is 9.98. The summed E-state index contributed by atoms with van der Waals surface area (Å²) in [5, 5.41) is 72.1. The fourth-order valence-electron chi connectivity index (χ4n) is 8.19. The van der Waals surface area contributed by atoms with E-state index in [2.05, 4.69) is 44.2 Å². The Kier molecular flexibility index (Phi) is 36.7. The molecule has 2 fully saturated rings. The molecular weight excluding hydrogens is 877 g/mol. The molecule has 2 heterocycles. The van der Waals surface area contributed by atoms with Gasteiger partial charge in [-0.05, 0) is 64.2 Å². The molecule has 11 atom stereocenters. The van der Waals surface area contributed by atoms with Gasteiger partial charge in [-0.3, -0.25) is 9.59 Å². The number of esters is 2. The molecule has 68 heavy (non-hydrogen) atoms. The lowest BCUT2D eigenvalue weighted by molar-refractivity contribution is -0.332. The van der Waals surface area contributed by atoms with Gasteiger partial charge < -0.3 is 64.2 Å². The third-order valence-corrected chi connectivity index (χ3v) is 12.6. The molecule has 0 bridgehead atoms. The van der Waals surface area contributed by atoms with Crippen LogP contribution < -0.4 is 0 Å². The summed E-state index contributed by atoms with van der Waals surface area (Å²) in [6.45, 7) is 2.54. The number of ether oxygens (including phenoxy) is 6. The predicted octanol–water partition coefficient (Wildman–Crippen LogP) is 7.71. The maximum Gasteiger partial charge on any atom is 0.306 e. The number of rotatable bonds is 41. The van der Waals surface area contributed by atoms with E-state index in [0.29, 0.717) is 19.3 Å². The van der Waals surface area contributed by atoms with Gasteiger partial charge in [0.15, 0.2) is 18.7 Å². The van der Waals surface area contributed by atoms with Crippen molar-refractivity contribution in [1.29, 1.82) is 0 Å². The van der Waals surface area contributed by atoms with Crippen LogP contribution in [0.3, 0.4) is 0 Å². The Balaban J connectivity index is 1.82. The Morgan fingerprint density at radius 2 is 0.897 bits per heavy atom. The molecule has 0 radical (unpaired) electrons. The van der Waals surface area contributed by atoms with Gasteiger partial charge in [0.1, 0.15) is 55.4 Å². The second-order valence-corrected chi connectivity index (χ2v) is 18.7. The Bertz CT molecular complexity index is 1330. The summed E-state index contributed by atoms with van der Waals surface area (Å²) >= 11 is 0. The van der Waals surface area contributed by atoms with Crippen LogP contribution in [0.25, 0.3) is 0 Å². The number of carbonyl (C=O) groups excluding carboxylic acids is 2. The van der Waals surface area contributed by atoms with Crippen molar-refractivity contribution >= 4 is 11.9 Å². The summed E-state index contributed by atoms with van der Waals surface area (Å²) in [6, 6.07) is 0. The van der Waals surface area contributed by atoms with Crippen LogP contribution >= 0.6 is 0 Å². The van der Waals surface area contributed by atoms with Gasteiger partial charge in [-0.15, -0.1) is 0 Å². The van der Waals surface area contributed by atoms with Gasteiger partial charge in [0.05, 0.1) is 19.8 Å². The van der Waals surface area contributed by atoms with Crippen LogP contribution in [0.4, 0.5) is 0 Å². The SMILES string of the molecule is CCCCCC/C=C/CCCCCCCCCC(=O)O[C@@H](COC(=O)CCC/C=C/C/C=C/CCCCCCCCCCC)CO[C@@H]1O[C@H](CO[C@@H]2O[C@H](CO)[C@H](O)C(O)C2O)[C@H](O)C(O)C1O. The Hall–Kier alpha value is -2.28. The van der Waals surface area contributed by atoms with Crippen molar-refractivity contribution in [3.05, 3.63) is 36.5 Å². The first-order valence-electron chi connectivity index (χ1n) is 26.6. The number of carbonyl (C=O) groups is 2. The minimum atomic E-state index is -1.77. The highest BCUT2D eigenvalue weighted by Crippen LogP contribution is 2.26. The number of aliphatic hydroxyl groups excluding tert-OH is 7. The van der Waals surface area contributed by atoms with E-state index in [-0.39, 0.29) is 19.4 Å². The molecule has 396 valence electrons. The number of aliphatic hydroxyl groups is 7. The molecule has 0 aromatic heterocycles. The van der Waals surface area contributed by atoms with Crippen LogP contribution in [0, 0.1) is 0 Å². The minimum Gasteiger partial charge on any atom is -0.462 e. The van der Waals surface area contributed by atoms with E-state index in [1.54, 1.807) is 0 Å². The second kappa shape index (κ2) is 40.3. The third kappa shape index (κ3) is 27.9. The van der Waals surface area contributed by atoms with Crippen LogP contribution in [0.15, 0.2) is 36.5 Å². The zero-order chi connectivity index (χ0) is 49.6. The molecule has 0 aromatic carbocycles. The largest absolute Gasteiger partial charge is 0.462 e. The zero-order valence-electron chi connectivity index (χ0n) is 41.8. The second-order valence-electron chi connectivity index (χ2n) is 18.7. The Morgan fingerprint density at radius 1 is 0.471 bits per heavy atom.